The van der Waals surface area contributed by atoms with Gasteiger partial charge < -0.3 is 10.1 Å². The number of hydrogen-bond donors (Lipinski definition) is 1. The molecule has 144 valence electrons. The minimum absolute atomic E-state index is 0.0334. The van der Waals surface area contributed by atoms with Crippen molar-refractivity contribution in [1.29, 1.82) is 0 Å². The van der Waals surface area contributed by atoms with Crippen molar-refractivity contribution < 1.29 is 23.1 Å². The van der Waals surface area contributed by atoms with Gasteiger partial charge in [0.25, 0.3) is 5.91 Å². The Morgan fingerprint density at radius 1 is 1.14 bits per heavy atom. The summed E-state index contributed by atoms with van der Waals surface area (Å²) in [6.45, 7) is 0.952. The zero-order chi connectivity index (χ0) is 20.3. The summed E-state index contributed by atoms with van der Waals surface area (Å²) in [6.07, 6.45) is 0. The van der Waals surface area contributed by atoms with E-state index in [4.69, 9.17) is 16.3 Å². The number of para-hydroxylation sites is 1. The van der Waals surface area contributed by atoms with Crippen molar-refractivity contribution in [2.45, 2.75) is 6.92 Å². The second-order valence-electron chi connectivity index (χ2n) is 5.75. The van der Waals surface area contributed by atoms with Crippen LogP contribution in [0.15, 0.2) is 48.5 Å². The molecule has 0 spiro atoms. The van der Waals surface area contributed by atoms with Crippen LogP contribution >= 0.6 is 11.6 Å². The van der Waals surface area contributed by atoms with E-state index in [-0.39, 0.29) is 16.4 Å². The number of esters is 1. The third-order valence-corrected chi connectivity index (χ3v) is 4.10. The van der Waals surface area contributed by atoms with Crippen LogP contribution in [0.5, 0.6) is 0 Å². The first-order valence-electron chi connectivity index (χ1n) is 8.09. The third kappa shape index (κ3) is 4.17. The van der Waals surface area contributed by atoms with Crippen molar-refractivity contribution in [1.82, 2.24) is 9.78 Å². The SMILES string of the molecule is Cc1nn(-c2ccccc2)c(Cl)c1C(=O)OCC(=O)Nc1ccc(F)c(F)c1. The molecule has 0 saturated heterocycles. The molecule has 1 heterocycles. The van der Waals surface area contributed by atoms with Gasteiger partial charge in [0.15, 0.2) is 18.2 Å². The number of carbonyl (C=O) groups excluding carboxylic acids is 2. The Hall–Kier alpha value is -3.26. The van der Waals surface area contributed by atoms with Crippen LogP contribution in [0.25, 0.3) is 5.69 Å². The number of anilines is 1. The average molecular weight is 406 g/mol. The van der Waals surface area contributed by atoms with Crippen molar-refractivity contribution in [2.24, 2.45) is 0 Å². The monoisotopic (exact) mass is 405 g/mol. The van der Waals surface area contributed by atoms with Gasteiger partial charge in [0.1, 0.15) is 10.7 Å². The third-order valence-electron chi connectivity index (χ3n) is 3.75. The lowest BCUT2D eigenvalue weighted by Gasteiger charge is -2.07. The molecule has 0 bridgehead atoms. The quantitative estimate of drug-likeness (QED) is 0.653. The lowest BCUT2D eigenvalue weighted by molar-refractivity contribution is -0.119. The van der Waals surface area contributed by atoms with Crippen LogP contribution in [0.4, 0.5) is 14.5 Å². The number of amides is 1. The van der Waals surface area contributed by atoms with E-state index in [0.717, 1.165) is 12.1 Å². The molecule has 1 N–H and O–H groups in total. The number of rotatable bonds is 5. The highest BCUT2D eigenvalue weighted by Gasteiger charge is 2.23. The molecule has 0 aliphatic carbocycles. The summed E-state index contributed by atoms with van der Waals surface area (Å²) in [5.74, 6) is -3.69. The smallest absolute Gasteiger partial charge is 0.343 e. The van der Waals surface area contributed by atoms with Crippen molar-refractivity contribution in [3.63, 3.8) is 0 Å². The fraction of sp³-hybridized carbons (Fsp3) is 0.105. The summed E-state index contributed by atoms with van der Waals surface area (Å²) in [5, 5.41) is 6.57. The van der Waals surface area contributed by atoms with E-state index in [2.05, 4.69) is 10.4 Å². The summed E-state index contributed by atoms with van der Waals surface area (Å²) in [7, 11) is 0. The summed E-state index contributed by atoms with van der Waals surface area (Å²) in [4.78, 5) is 24.2. The zero-order valence-electron chi connectivity index (χ0n) is 14.6. The molecular formula is C19H14ClF2N3O3. The first-order chi connectivity index (χ1) is 13.4. The molecule has 6 nitrogen and oxygen atoms in total. The molecule has 0 atom stereocenters. The van der Waals surface area contributed by atoms with Crippen LogP contribution in [0, 0.1) is 18.6 Å². The standard InChI is InChI=1S/C19H14ClF2N3O3/c1-11-17(18(20)25(24-11)13-5-3-2-4-6-13)19(27)28-10-16(26)23-12-7-8-14(21)15(22)9-12/h2-9H,10H2,1H3,(H,23,26). The molecule has 0 saturated carbocycles. The fourth-order valence-electron chi connectivity index (χ4n) is 2.45. The number of benzene rings is 2. The van der Waals surface area contributed by atoms with Gasteiger partial charge in [0, 0.05) is 11.8 Å². The average Bonchev–Trinajstić information content (AvgIpc) is 2.98. The Balaban J connectivity index is 1.67. The van der Waals surface area contributed by atoms with Gasteiger partial charge in [-0.25, -0.2) is 18.3 Å². The van der Waals surface area contributed by atoms with E-state index >= 15 is 0 Å². The molecule has 28 heavy (non-hydrogen) atoms. The van der Waals surface area contributed by atoms with Crippen molar-refractivity contribution >= 4 is 29.2 Å². The second-order valence-corrected chi connectivity index (χ2v) is 6.11. The van der Waals surface area contributed by atoms with Crippen LogP contribution in [0.3, 0.4) is 0 Å². The van der Waals surface area contributed by atoms with E-state index in [9.17, 15) is 18.4 Å². The first kappa shape index (κ1) is 19.5. The molecule has 1 amide bonds. The van der Waals surface area contributed by atoms with E-state index < -0.39 is 30.1 Å². The van der Waals surface area contributed by atoms with Gasteiger partial charge in [0.05, 0.1) is 11.4 Å². The molecule has 1 aromatic heterocycles. The van der Waals surface area contributed by atoms with Gasteiger partial charge in [-0.15, -0.1) is 0 Å². The maximum atomic E-state index is 13.2. The topological polar surface area (TPSA) is 73.2 Å². The number of ether oxygens (including phenoxy) is 1. The van der Waals surface area contributed by atoms with E-state index in [1.54, 1.807) is 31.2 Å². The Morgan fingerprint density at radius 3 is 2.54 bits per heavy atom. The Bertz CT molecular complexity index is 1040. The number of aromatic nitrogens is 2. The molecule has 3 aromatic rings. The molecule has 0 aliphatic heterocycles. The summed E-state index contributed by atoms with van der Waals surface area (Å²) < 4.78 is 32.4. The van der Waals surface area contributed by atoms with Crippen molar-refractivity contribution in [2.75, 3.05) is 11.9 Å². The van der Waals surface area contributed by atoms with Gasteiger partial charge in [-0.3, -0.25) is 4.79 Å². The highest BCUT2D eigenvalue weighted by atomic mass is 35.5. The first-order valence-corrected chi connectivity index (χ1v) is 8.47. The van der Waals surface area contributed by atoms with Crippen molar-refractivity contribution in [3.05, 3.63) is 76.6 Å². The summed E-state index contributed by atoms with van der Waals surface area (Å²) >= 11 is 6.26. The Morgan fingerprint density at radius 2 is 1.86 bits per heavy atom. The van der Waals surface area contributed by atoms with Gasteiger partial charge in [-0.1, -0.05) is 29.8 Å². The minimum atomic E-state index is -1.11. The van der Waals surface area contributed by atoms with Crippen molar-refractivity contribution in [3.8, 4) is 5.69 Å². The minimum Gasteiger partial charge on any atom is -0.452 e. The van der Waals surface area contributed by atoms with E-state index in [1.165, 1.54) is 10.7 Å². The largest absolute Gasteiger partial charge is 0.452 e. The molecule has 3 rings (SSSR count). The molecule has 0 aliphatic rings. The van der Waals surface area contributed by atoms with Crippen LogP contribution in [-0.4, -0.2) is 28.3 Å². The second kappa shape index (κ2) is 8.18. The molecule has 0 unspecified atom stereocenters. The lowest BCUT2D eigenvalue weighted by atomic mass is 10.2. The Labute approximate surface area is 163 Å². The maximum absolute atomic E-state index is 13.2. The predicted octanol–water partition coefficient (Wildman–Crippen LogP) is 3.91. The highest BCUT2D eigenvalue weighted by Crippen LogP contribution is 2.24. The number of aryl methyl sites for hydroxylation is 1. The highest BCUT2D eigenvalue weighted by molar-refractivity contribution is 6.33. The lowest BCUT2D eigenvalue weighted by Crippen LogP contribution is -2.21. The molecule has 2 aromatic carbocycles. The summed E-state index contributed by atoms with van der Waals surface area (Å²) in [6, 6.07) is 11.8. The van der Waals surface area contributed by atoms with Gasteiger partial charge in [-0.05, 0) is 31.2 Å². The van der Waals surface area contributed by atoms with Gasteiger partial charge >= 0.3 is 5.97 Å². The van der Waals surface area contributed by atoms with E-state index in [0.29, 0.717) is 11.4 Å². The van der Waals surface area contributed by atoms with Gasteiger partial charge in [-0.2, -0.15) is 5.10 Å². The van der Waals surface area contributed by atoms with Crippen LogP contribution in [0.2, 0.25) is 5.15 Å². The number of nitrogens with zero attached hydrogens (tertiary/aromatic N) is 2. The normalized spacial score (nSPS) is 10.6. The number of halogens is 3. The predicted molar refractivity (Wildman–Crippen MR) is 98.6 cm³/mol. The van der Waals surface area contributed by atoms with Crippen LogP contribution in [0.1, 0.15) is 16.1 Å². The Kier molecular flexibility index (Phi) is 5.70. The zero-order valence-corrected chi connectivity index (χ0v) is 15.3. The number of nitrogens with one attached hydrogen (secondary N) is 1. The molecule has 0 fully saturated rings. The summed E-state index contributed by atoms with van der Waals surface area (Å²) in [5.41, 5.74) is 1.06. The number of hydrogen-bond acceptors (Lipinski definition) is 4. The number of carbonyl (C=O) groups is 2. The fourth-order valence-corrected chi connectivity index (χ4v) is 2.79. The van der Waals surface area contributed by atoms with E-state index in [1.807, 2.05) is 6.07 Å². The maximum Gasteiger partial charge on any atom is 0.343 e. The molecule has 9 heteroatoms. The van der Waals surface area contributed by atoms with Gasteiger partial charge in [0.2, 0.25) is 0 Å². The molecular weight excluding hydrogens is 392 g/mol. The van der Waals surface area contributed by atoms with Crippen LogP contribution in [-0.2, 0) is 9.53 Å². The van der Waals surface area contributed by atoms with Crippen LogP contribution < -0.4 is 5.32 Å². The molecule has 0 radical (unpaired) electrons.